The molecule has 0 spiro atoms. The molecule has 0 radical (unpaired) electrons. The van der Waals surface area contributed by atoms with Crippen LogP contribution < -0.4 is 10.6 Å². The van der Waals surface area contributed by atoms with Crippen LogP contribution in [-0.4, -0.2) is 50.6 Å². The summed E-state index contributed by atoms with van der Waals surface area (Å²) in [5.41, 5.74) is -0.253. The Hall–Kier alpha value is -3.95. The SMILES string of the molecule is Cc1ccc(C(=O)Nc2cc(C(F)(F)F)ccn2)cc1C#Cc1cnc(NC(=O)N2CC(C)(O)C2)s1. The fourth-order valence-electron chi connectivity index (χ4n) is 3.37. The Morgan fingerprint density at radius 1 is 1.14 bits per heavy atom. The Morgan fingerprint density at radius 3 is 2.58 bits per heavy atom. The molecule has 1 fully saturated rings. The van der Waals surface area contributed by atoms with Gasteiger partial charge in [0.15, 0.2) is 5.13 Å². The lowest BCUT2D eigenvalue weighted by molar-refractivity contribution is -0.137. The number of aromatic nitrogens is 2. The van der Waals surface area contributed by atoms with Crippen LogP contribution in [0.4, 0.5) is 28.9 Å². The van der Waals surface area contributed by atoms with Gasteiger partial charge >= 0.3 is 12.2 Å². The number of hydrogen-bond acceptors (Lipinski definition) is 6. The van der Waals surface area contributed by atoms with Crippen molar-refractivity contribution < 1.29 is 27.9 Å². The number of β-amino-alcohol motifs (C(OH)–C–C–N with tert-alkyl or cyclic N) is 1. The maximum Gasteiger partial charge on any atom is 0.416 e. The molecule has 0 atom stereocenters. The zero-order valence-electron chi connectivity index (χ0n) is 19.1. The van der Waals surface area contributed by atoms with Gasteiger partial charge in [-0.3, -0.25) is 10.1 Å². The number of anilines is 2. The molecular formula is C24H20F3N5O3S. The number of aryl methyl sites for hydroxylation is 1. The van der Waals surface area contributed by atoms with Gasteiger partial charge in [-0.05, 0) is 49.6 Å². The average Bonchev–Trinajstić information content (AvgIpc) is 3.23. The van der Waals surface area contributed by atoms with Crippen molar-refractivity contribution in [2.45, 2.75) is 25.6 Å². The first-order valence-electron chi connectivity index (χ1n) is 10.6. The van der Waals surface area contributed by atoms with Crippen molar-refractivity contribution in [2.24, 2.45) is 0 Å². The molecule has 3 aromatic rings. The molecular weight excluding hydrogens is 495 g/mol. The Morgan fingerprint density at radius 2 is 1.89 bits per heavy atom. The summed E-state index contributed by atoms with van der Waals surface area (Å²) in [5.74, 6) is 5.05. The first kappa shape index (κ1) is 25.2. The Kier molecular flexibility index (Phi) is 6.71. The van der Waals surface area contributed by atoms with Crippen LogP contribution in [-0.2, 0) is 6.18 Å². The lowest BCUT2D eigenvalue weighted by Gasteiger charge is -2.43. The minimum absolute atomic E-state index is 0.201. The molecule has 3 N–H and O–H groups in total. The predicted octanol–water partition coefficient (Wildman–Crippen LogP) is 4.12. The van der Waals surface area contributed by atoms with Crippen LogP contribution in [0.25, 0.3) is 0 Å². The van der Waals surface area contributed by atoms with Crippen LogP contribution in [0.1, 0.15) is 38.8 Å². The average molecular weight is 516 g/mol. The second-order valence-electron chi connectivity index (χ2n) is 8.47. The number of rotatable bonds is 3. The summed E-state index contributed by atoms with van der Waals surface area (Å²) in [5, 5.41) is 15.1. The summed E-state index contributed by atoms with van der Waals surface area (Å²) < 4.78 is 38.7. The number of nitrogens with zero attached hydrogens (tertiary/aromatic N) is 3. The Balaban J connectivity index is 1.44. The molecule has 2 aromatic heterocycles. The fraction of sp³-hybridized carbons (Fsp3) is 0.250. The van der Waals surface area contributed by atoms with Crippen LogP contribution in [0.5, 0.6) is 0 Å². The van der Waals surface area contributed by atoms with Crippen LogP contribution >= 0.6 is 11.3 Å². The number of hydrogen-bond donors (Lipinski definition) is 3. The normalized spacial score (nSPS) is 14.3. The number of urea groups is 1. The van der Waals surface area contributed by atoms with Crippen molar-refractivity contribution in [2.75, 3.05) is 23.7 Å². The molecule has 1 aliphatic rings. The maximum absolute atomic E-state index is 12.9. The largest absolute Gasteiger partial charge is 0.416 e. The second-order valence-corrected chi connectivity index (χ2v) is 9.50. The standard InChI is InChI=1S/C24H20F3N5O3S/c1-14-3-4-16(20(33)30-19-10-17(7-8-28-19)24(25,26)27)9-15(14)5-6-18-11-29-21(36-18)31-22(34)32-12-23(2,35)13-32/h3-4,7-11,35H,12-13H2,1-2H3,(H,28,30,33)(H,29,31,34). The minimum atomic E-state index is -4.55. The van der Waals surface area contributed by atoms with E-state index in [2.05, 4.69) is 32.4 Å². The van der Waals surface area contributed by atoms with Crippen molar-refractivity contribution >= 4 is 34.2 Å². The molecule has 36 heavy (non-hydrogen) atoms. The number of aliphatic hydroxyl groups is 1. The van der Waals surface area contributed by atoms with E-state index in [1.165, 1.54) is 34.6 Å². The number of carbonyl (C=O) groups excluding carboxylic acids is 2. The molecule has 12 heteroatoms. The van der Waals surface area contributed by atoms with Crippen molar-refractivity contribution in [1.29, 1.82) is 0 Å². The summed E-state index contributed by atoms with van der Waals surface area (Å²) in [4.78, 5) is 34.7. The van der Waals surface area contributed by atoms with Crippen LogP contribution in [0.2, 0.25) is 0 Å². The summed E-state index contributed by atoms with van der Waals surface area (Å²) in [6.07, 6.45) is -2.07. The van der Waals surface area contributed by atoms with E-state index >= 15 is 0 Å². The highest BCUT2D eigenvalue weighted by Gasteiger charge is 2.39. The molecule has 186 valence electrons. The zero-order valence-corrected chi connectivity index (χ0v) is 19.9. The van der Waals surface area contributed by atoms with Gasteiger partial charge in [0.1, 0.15) is 5.82 Å². The van der Waals surface area contributed by atoms with Crippen molar-refractivity contribution in [3.8, 4) is 11.8 Å². The molecule has 8 nitrogen and oxygen atoms in total. The van der Waals surface area contributed by atoms with Crippen LogP contribution in [0.15, 0.2) is 42.7 Å². The third-order valence-corrected chi connectivity index (χ3v) is 6.05. The molecule has 0 aliphatic carbocycles. The number of pyridine rings is 1. The van der Waals surface area contributed by atoms with E-state index < -0.39 is 23.2 Å². The van der Waals surface area contributed by atoms with E-state index in [4.69, 9.17) is 0 Å². The van der Waals surface area contributed by atoms with Crippen LogP contribution in [0.3, 0.4) is 0 Å². The molecule has 3 heterocycles. The quantitative estimate of drug-likeness (QED) is 0.455. The summed E-state index contributed by atoms with van der Waals surface area (Å²) in [6.45, 7) is 3.94. The second kappa shape index (κ2) is 9.60. The van der Waals surface area contributed by atoms with Gasteiger partial charge in [-0.2, -0.15) is 13.2 Å². The fourth-order valence-corrected chi connectivity index (χ4v) is 4.03. The highest BCUT2D eigenvalue weighted by molar-refractivity contribution is 7.16. The van der Waals surface area contributed by atoms with Gasteiger partial charge in [-0.15, -0.1) is 0 Å². The molecule has 1 aromatic carbocycles. The van der Waals surface area contributed by atoms with E-state index in [-0.39, 0.29) is 30.5 Å². The zero-order chi connectivity index (χ0) is 26.1. The first-order valence-corrected chi connectivity index (χ1v) is 11.4. The summed E-state index contributed by atoms with van der Waals surface area (Å²) in [7, 11) is 0. The Labute approximate surface area is 208 Å². The van der Waals surface area contributed by atoms with Gasteiger partial charge in [0.25, 0.3) is 5.91 Å². The predicted molar refractivity (Wildman–Crippen MR) is 128 cm³/mol. The van der Waals surface area contributed by atoms with E-state index in [1.54, 1.807) is 19.9 Å². The number of nitrogens with one attached hydrogen (secondary N) is 2. The van der Waals surface area contributed by atoms with E-state index in [9.17, 15) is 27.9 Å². The van der Waals surface area contributed by atoms with Gasteiger partial charge in [0.05, 0.1) is 35.3 Å². The van der Waals surface area contributed by atoms with E-state index in [1.807, 2.05) is 0 Å². The number of thiazole rings is 1. The minimum Gasteiger partial charge on any atom is -0.386 e. The maximum atomic E-state index is 12.9. The number of benzene rings is 1. The molecule has 1 saturated heterocycles. The third kappa shape index (κ3) is 5.99. The molecule has 4 rings (SSSR count). The first-order chi connectivity index (χ1) is 16.9. The van der Waals surface area contributed by atoms with Crippen molar-refractivity contribution in [3.05, 3.63) is 69.9 Å². The summed E-state index contributed by atoms with van der Waals surface area (Å²) in [6, 6.07) is 5.97. The van der Waals surface area contributed by atoms with E-state index in [0.29, 0.717) is 15.6 Å². The molecule has 1 aliphatic heterocycles. The monoisotopic (exact) mass is 515 g/mol. The number of likely N-dealkylation sites (tertiary alicyclic amines) is 1. The van der Waals surface area contributed by atoms with Gasteiger partial charge in [-0.25, -0.2) is 14.8 Å². The number of halogens is 3. The molecule has 0 saturated carbocycles. The molecule has 0 bridgehead atoms. The van der Waals surface area contributed by atoms with Gasteiger partial charge in [0.2, 0.25) is 0 Å². The van der Waals surface area contributed by atoms with E-state index in [0.717, 1.165) is 23.9 Å². The molecule has 0 unspecified atom stereocenters. The number of carbonyl (C=O) groups is 2. The topological polar surface area (TPSA) is 107 Å². The summed E-state index contributed by atoms with van der Waals surface area (Å²) >= 11 is 1.17. The smallest absolute Gasteiger partial charge is 0.386 e. The number of alkyl halides is 3. The number of amides is 3. The van der Waals surface area contributed by atoms with Crippen LogP contribution in [0, 0.1) is 18.8 Å². The lowest BCUT2D eigenvalue weighted by Crippen LogP contribution is -2.62. The Bertz CT molecular complexity index is 1380. The van der Waals surface area contributed by atoms with Crippen molar-refractivity contribution in [1.82, 2.24) is 14.9 Å². The van der Waals surface area contributed by atoms with Gasteiger partial charge in [-0.1, -0.05) is 23.3 Å². The van der Waals surface area contributed by atoms with Crippen molar-refractivity contribution in [3.63, 3.8) is 0 Å². The molecule has 3 amide bonds. The third-order valence-electron chi connectivity index (χ3n) is 5.22. The van der Waals surface area contributed by atoms with Gasteiger partial charge in [0, 0.05) is 17.3 Å². The highest BCUT2D eigenvalue weighted by Crippen LogP contribution is 2.30. The highest BCUT2D eigenvalue weighted by atomic mass is 32.1. The van der Waals surface area contributed by atoms with Gasteiger partial charge < -0.3 is 15.3 Å². The lowest BCUT2D eigenvalue weighted by atomic mass is 9.98.